The summed E-state index contributed by atoms with van der Waals surface area (Å²) in [5, 5.41) is 15.4. The number of fused-ring (bicyclic) bond motifs is 1. The summed E-state index contributed by atoms with van der Waals surface area (Å²) in [4.78, 5) is 13.3. The molecule has 3 aromatic carbocycles. The van der Waals surface area contributed by atoms with Crippen LogP contribution in [0.25, 0.3) is 5.70 Å². The van der Waals surface area contributed by atoms with Crippen LogP contribution in [0.2, 0.25) is 0 Å². The van der Waals surface area contributed by atoms with E-state index in [0.717, 1.165) is 16.7 Å². The van der Waals surface area contributed by atoms with Crippen LogP contribution in [-0.2, 0) is 16.1 Å². The molecule has 0 spiro atoms. The lowest BCUT2D eigenvalue weighted by Crippen LogP contribution is -2.30. The zero-order valence-electron chi connectivity index (χ0n) is 18.6. The van der Waals surface area contributed by atoms with Crippen LogP contribution in [0.4, 0.5) is 5.95 Å². The van der Waals surface area contributed by atoms with Crippen molar-refractivity contribution in [3.8, 4) is 5.75 Å². The maximum absolute atomic E-state index is 13.3. The predicted octanol–water partition coefficient (Wildman–Crippen LogP) is 4.24. The molecule has 4 aromatic rings. The molecule has 34 heavy (non-hydrogen) atoms. The van der Waals surface area contributed by atoms with Crippen molar-refractivity contribution >= 4 is 17.6 Å². The molecular weight excluding hydrogens is 430 g/mol. The van der Waals surface area contributed by atoms with Crippen LogP contribution in [0.5, 0.6) is 5.75 Å². The van der Waals surface area contributed by atoms with Gasteiger partial charge in [-0.25, -0.2) is 4.79 Å². The Balaban J connectivity index is 1.64. The van der Waals surface area contributed by atoms with Crippen LogP contribution in [0.3, 0.4) is 0 Å². The van der Waals surface area contributed by atoms with Crippen LogP contribution < -0.4 is 10.1 Å². The van der Waals surface area contributed by atoms with Gasteiger partial charge in [-0.1, -0.05) is 84.0 Å². The van der Waals surface area contributed by atoms with Crippen molar-refractivity contribution in [3.05, 3.63) is 107 Å². The van der Waals surface area contributed by atoms with Gasteiger partial charge in [-0.05, 0) is 34.5 Å². The second kappa shape index (κ2) is 9.58. The van der Waals surface area contributed by atoms with E-state index in [9.17, 15) is 4.79 Å². The third-order valence-corrected chi connectivity index (χ3v) is 5.53. The van der Waals surface area contributed by atoms with E-state index in [1.54, 1.807) is 11.6 Å². The molecule has 8 nitrogen and oxygen atoms in total. The molecule has 1 N–H and O–H groups in total. The Morgan fingerprint density at radius 2 is 1.68 bits per heavy atom. The first-order valence-corrected chi connectivity index (χ1v) is 11.0. The molecule has 1 unspecified atom stereocenters. The lowest BCUT2D eigenvalue weighted by atomic mass is 9.92. The minimum Gasteiger partial charge on any atom is -0.489 e. The van der Waals surface area contributed by atoms with Crippen LogP contribution >= 0.6 is 0 Å². The number of hydrogen-bond donors (Lipinski definition) is 1. The lowest BCUT2D eigenvalue weighted by Gasteiger charge is -2.29. The number of carbonyl (C=O) groups excluding carboxylic acids is 1. The number of aromatic nitrogens is 4. The van der Waals surface area contributed by atoms with Crippen LogP contribution in [0.1, 0.15) is 29.7 Å². The monoisotopic (exact) mass is 453 g/mol. The molecule has 1 atom stereocenters. The number of benzene rings is 3. The number of carbonyl (C=O) groups is 1. The highest BCUT2D eigenvalue weighted by Crippen LogP contribution is 2.41. The summed E-state index contributed by atoms with van der Waals surface area (Å²) in [5.41, 5.74) is 3.63. The SMILES string of the molecule is CCOC(=O)C1=C(c2ccccc2)Nc2nnnn2C1c1ccccc1OCc1ccccc1. The Morgan fingerprint density at radius 1 is 0.971 bits per heavy atom. The van der Waals surface area contributed by atoms with Crippen LogP contribution in [0.15, 0.2) is 90.5 Å². The molecule has 5 rings (SSSR count). The summed E-state index contributed by atoms with van der Waals surface area (Å²) >= 11 is 0. The Kier molecular flexibility index (Phi) is 6.03. The summed E-state index contributed by atoms with van der Waals surface area (Å²) in [6.45, 7) is 2.41. The van der Waals surface area contributed by atoms with Gasteiger partial charge in [0, 0.05) is 5.56 Å². The standard InChI is InChI=1S/C26H23N5O3/c1-2-33-25(32)22-23(19-13-7-4-8-14-19)27-26-28-29-30-31(26)24(22)20-15-9-10-16-21(20)34-17-18-11-5-3-6-12-18/h3-16,24H,2,17H2,1H3,(H,27,28,30). The number of esters is 1. The first kappa shape index (κ1) is 21.4. The number of ether oxygens (including phenoxy) is 2. The van der Waals surface area contributed by atoms with Gasteiger partial charge in [0.15, 0.2) is 0 Å². The van der Waals surface area contributed by atoms with Gasteiger partial charge in [-0.2, -0.15) is 4.68 Å². The van der Waals surface area contributed by atoms with Crippen molar-refractivity contribution in [2.75, 3.05) is 11.9 Å². The van der Waals surface area contributed by atoms with E-state index < -0.39 is 12.0 Å². The Hall–Kier alpha value is -4.46. The molecule has 1 aromatic heterocycles. The van der Waals surface area contributed by atoms with E-state index in [0.29, 0.717) is 29.6 Å². The third kappa shape index (κ3) is 4.13. The van der Waals surface area contributed by atoms with Crippen molar-refractivity contribution in [2.24, 2.45) is 0 Å². The van der Waals surface area contributed by atoms with Gasteiger partial charge >= 0.3 is 5.97 Å². The smallest absolute Gasteiger partial charge is 0.338 e. The molecule has 0 aliphatic carbocycles. The normalized spacial score (nSPS) is 14.8. The number of rotatable bonds is 7. The molecule has 1 aliphatic rings. The number of nitrogens with one attached hydrogen (secondary N) is 1. The van der Waals surface area contributed by atoms with E-state index in [-0.39, 0.29) is 6.61 Å². The van der Waals surface area contributed by atoms with E-state index in [1.807, 2.05) is 84.9 Å². The minimum absolute atomic E-state index is 0.242. The molecule has 0 saturated carbocycles. The zero-order chi connectivity index (χ0) is 23.3. The maximum Gasteiger partial charge on any atom is 0.338 e. The number of tetrazole rings is 1. The second-order valence-corrected chi connectivity index (χ2v) is 7.66. The van der Waals surface area contributed by atoms with E-state index >= 15 is 0 Å². The number of hydrogen-bond acceptors (Lipinski definition) is 7. The van der Waals surface area contributed by atoms with Gasteiger partial charge in [-0.3, -0.25) is 0 Å². The van der Waals surface area contributed by atoms with Crippen molar-refractivity contribution in [1.29, 1.82) is 0 Å². The van der Waals surface area contributed by atoms with Crippen molar-refractivity contribution < 1.29 is 14.3 Å². The van der Waals surface area contributed by atoms with Gasteiger partial charge in [0.05, 0.1) is 17.9 Å². The highest BCUT2D eigenvalue weighted by atomic mass is 16.5. The van der Waals surface area contributed by atoms with Gasteiger partial charge in [0.2, 0.25) is 5.95 Å². The van der Waals surface area contributed by atoms with Gasteiger partial charge in [0.1, 0.15) is 18.4 Å². The number of anilines is 1. The molecule has 0 radical (unpaired) electrons. The topological polar surface area (TPSA) is 91.2 Å². The fourth-order valence-corrected chi connectivity index (χ4v) is 4.00. The number of nitrogens with zero attached hydrogens (tertiary/aromatic N) is 4. The summed E-state index contributed by atoms with van der Waals surface area (Å²) in [7, 11) is 0. The summed E-state index contributed by atoms with van der Waals surface area (Å²) in [5.74, 6) is 0.613. The average molecular weight is 454 g/mol. The minimum atomic E-state index is -0.646. The Labute approximate surface area is 196 Å². The fraction of sp³-hybridized carbons (Fsp3) is 0.154. The molecule has 0 fully saturated rings. The quantitative estimate of drug-likeness (QED) is 0.419. The van der Waals surface area contributed by atoms with Crippen LogP contribution in [-0.4, -0.2) is 32.8 Å². The average Bonchev–Trinajstić information content (AvgIpc) is 3.36. The second-order valence-electron chi connectivity index (χ2n) is 7.66. The first-order valence-electron chi connectivity index (χ1n) is 11.0. The largest absolute Gasteiger partial charge is 0.489 e. The summed E-state index contributed by atoms with van der Waals surface area (Å²) in [6.07, 6.45) is 0. The van der Waals surface area contributed by atoms with Crippen LogP contribution in [0, 0.1) is 0 Å². The first-order chi connectivity index (χ1) is 16.8. The molecule has 8 heteroatoms. The van der Waals surface area contributed by atoms with E-state index in [4.69, 9.17) is 9.47 Å². The molecular formula is C26H23N5O3. The number of para-hydroxylation sites is 1. The molecule has 2 heterocycles. The highest BCUT2D eigenvalue weighted by Gasteiger charge is 2.38. The molecule has 1 aliphatic heterocycles. The summed E-state index contributed by atoms with van der Waals surface area (Å²) in [6, 6.07) is 26.5. The predicted molar refractivity (Wildman–Crippen MR) is 127 cm³/mol. The fourth-order valence-electron chi connectivity index (χ4n) is 4.00. The van der Waals surface area contributed by atoms with Crippen molar-refractivity contribution in [1.82, 2.24) is 20.2 Å². The van der Waals surface area contributed by atoms with Gasteiger partial charge in [-0.15, -0.1) is 0 Å². The molecule has 0 bridgehead atoms. The van der Waals surface area contributed by atoms with Crippen molar-refractivity contribution in [2.45, 2.75) is 19.6 Å². The summed E-state index contributed by atoms with van der Waals surface area (Å²) < 4.78 is 13.3. The maximum atomic E-state index is 13.3. The molecule has 170 valence electrons. The van der Waals surface area contributed by atoms with Crippen molar-refractivity contribution in [3.63, 3.8) is 0 Å². The molecule has 0 amide bonds. The Morgan fingerprint density at radius 3 is 2.44 bits per heavy atom. The van der Waals surface area contributed by atoms with E-state index in [1.165, 1.54) is 0 Å². The van der Waals surface area contributed by atoms with Gasteiger partial charge < -0.3 is 14.8 Å². The lowest BCUT2D eigenvalue weighted by molar-refractivity contribution is -0.138. The molecule has 0 saturated heterocycles. The zero-order valence-corrected chi connectivity index (χ0v) is 18.6. The van der Waals surface area contributed by atoms with E-state index in [2.05, 4.69) is 20.8 Å². The van der Waals surface area contributed by atoms with Gasteiger partial charge in [0.25, 0.3) is 0 Å². The third-order valence-electron chi connectivity index (χ3n) is 5.53. The highest BCUT2D eigenvalue weighted by molar-refractivity contribution is 6.02. The Bertz CT molecular complexity index is 1320.